The van der Waals surface area contributed by atoms with Crippen LogP contribution < -0.4 is 10.3 Å². The highest BCUT2D eigenvalue weighted by Gasteiger charge is 2.13. The van der Waals surface area contributed by atoms with Gasteiger partial charge in [0, 0.05) is 10.8 Å². The van der Waals surface area contributed by atoms with E-state index >= 15 is 0 Å². The Labute approximate surface area is 98.1 Å². The quantitative estimate of drug-likeness (QED) is 0.461. The van der Waals surface area contributed by atoms with E-state index in [1.165, 1.54) is 4.57 Å². The van der Waals surface area contributed by atoms with Crippen molar-refractivity contribution in [2.24, 2.45) is 5.73 Å². The highest BCUT2D eigenvalue weighted by Crippen LogP contribution is 2.21. The number of aromatic nitrogens is 1. The first kappa shape index (κ1) is 9.78. The van der Waals surface area contributed by atoms with Gasteiger partial charge in [-0.25, -0.2) is 0 Å². The Hall–Kier alpha value is -2.42. The maximum absolute atomic E-state index is 11.4. The van der Waals surface area contributed by atoms with E-state index in [2.05, 4.69) is 0 Å². The molecule has 0 spiro atoms. The lowest BCUT2D eigenvalue weighted by molar-refractivity contribution is -0.539. The van der Waals surface area contributed by atoms with Gasteiger partial charge in [0.2, 0.25) is 0 Å². The molecule has 2 N–H and O–H groups in total. The molecule has 0 fully saturated rings. The zero-order valence-electron chi connectivity index (χ0n) is 9.13. The first-order valence-corrected chi connectivity index (χ1v) is 5.39. The van der Waals surface area contributed by atoms with Crippen LogP contribution in [0.25, 0.3) is 21.7 Å². The Kier molecular flexibility index (Phi) is 2.05. The van der Waals surface area contributed by atoms with Crippen molar-refractivity contribution in [1.29, 1.82) is 0 Å². The fourth-order valence-electron chi connectivity index (χ4n) is 2.16. The third-order valence-corrected chi connectivity index (χ3v) is 2.92. The second kappa shape index (κ2) is 3.56. The van der Waals surface area contributed by atoms with E-state index in [-0.39, 0.29) is 0 Å². The summed E-state index contributed by atoms with van der Waals surface area (Å²) < 4.78 is 1.48. The molecule has 1 heterocycles. The molecule has 0 aliphatic heterocycles. The number of benzene rings is 2. The van der Waals surface area contributed by atoms with E-state index in [9.17, 15) is 4.79 Å². The monoisotopic (exact) mass is 223 g/mol. The van der Waals surface area contributed by atoms with Crippen molar-refractivity contribution < 1.29 is 9.36 Å². The van der Waals surface area contributed by atoms with E-state index in [1.54, 1.807) is 6.20 Å². The molecule has 82 valence electrons. The van der Waals surface area contributed by atoms with Crippen LogP contribution in [0.3, 0.4) is 0 Å². The average Bonchev–Trinajstić information content (AvgIpc) is 2.37. The third-order valence-electron chi connectivity index (χ3n) is 2.92. The van der Waals surface area contributed by atoms with Gasteiger partial charge in [-0.15, -0.1) is 0 Å². The number of hydrogen-bond donors (Lipinski definition) is 1. The van der Waals surface area contributed by atoms with Crippen molar-refractivity contribution in [3.8, 4) is 0 Å². The number of amides is 1. The van der Waals surface area contributed by atoms with Crippen LogP contribution in [0.1, 0.15) is 0 Å². The van der Waals surface area contributed by atoms with E-state index in [0.717, 1.165) is 21.7 Å². The summed E-state index contributed by atoms with van der Waals surface area (Å²) in [6.45, 7) is 0. The van der Waals surface area contributed by atoms with Gasteiger partial charge in [-0.3, -0.25) is 5.73 Å². The molecule has 1 amide bonds. The topological polar surface area (TPSA) is 47.0 Å². The van der Waals surface area contributed by atoms with Crippen LogP contribution in [-0.4, -0.2) is 6.03 Å². The summed E-state index contributed by atoms with van der Waals surface area (Å²) in [4.78, 5) is 11.4. The average molecular weight is 223 g/mol. The molecule has 3 nitrogen and oxygen atoms in total. The molecule has 0 unspecified atom stereocenters. The molecule has 3 aromatic rings. The number of carbonyl (C=O) groups is 1. The minimum Gasteiger partial charge on any atom is -0.250 e. The Morgan fingerprint density at radius 2 is 1.59 bits per heavy atom. The van der Waals surface area contributed by atoms with Crippen molar-refractivity contribution in [2.75, 3.05) is 0 Å². The molecule has 17 heavy (non-hydrogen) atoms. The summed E-state index contributed by atoms with van der Waals surface area (Å²) in [6.07, 6.45) is 1.78. The van der Waals surface area contributed by atoms with Crippen LogP contribution in [0.5, 0.6) is 0 Å². The molecule has 3 heteroatoms. The molecule has 3 rings (SSSR count). The van der Waals surface area contributed by atoms with E-state index in [4.69, 9.17) is 5.73 Å². The van der Waals surface area contributed by atoms with Crippen molar-refractivity contribution in [3.63, 3.8) is 0 Å². The van der Waals surface area contributed by atoms with E-state index < -0.39 is 6.03 Å². The molecule has 0 radical (unpaired) electrons. The smallest absolute Gasteiger partial charge is 0.250 e. The van der Waals surface area contributed by atoms with Crippen LogP contribution in [0, 0.1) is 0 Å². The standard InChI is InChI=1S/C14H10N2O/c15-14(17)16-9-10-5-1-2-6-11(10)12-7-3-4-8-13(12)16/h1-9H,(H-,15,17)/p+1. The fourth-order valence-corrected chi connectivity index (χ4v) is 2.16. The lowest BCUT2D eigenvalue weighted by atomic mass is 10.1. The normalized spacial score (nSPS) is 10.8. The van der Waals surface area contributed by atoms with Crippen LogP contribution >= 0.6 is 0 Å². The summed E-state index contributed by atoms with van der Waals surface area (Å²) in [5.41, 5.74) is 6.23. The molecule has 0 saturated heterocycles. The van der Waals surface area contributed by atoms with Crippen LogP contribution in [0.4, 0.5) is 4.79 Å². The fraction of sp³-hybridized carbons (Fsp3) is 0. The Bertz CT molecular complexity index is 734. The second-order valence-corrected chi connectivity index (χ2v) is 3.94. The van der Waals surface area contributed by atoms with Crippen LogP contribution in [-0.2, 0) is 0 Å². The summed E-state index contributed by atoms with van der Waals surface area (Å²) in [5, 5.41) is 3.16. The van der Waals surface area contributed by atoms with Gasteiger partial charge in [-0.05, 0) is 11.5 Å². The number of primary amides is 1. The molecule has 1 aromatic heterocycles. The second-order valence-electron chi connectivity index (χ2n) is 3.94. The maximum atomic E-state index is 11.4. The largest absolute Gasteiger partial charge is 0.494 e. The first-order chi connectivity index (χ1) is 8.27. The summed E-state index contributed by atoms with van der Waals surface area (Å²) in [6, 6.07) is 15.2. The molecule has 2 aromatic carbocycles. The van der Waals surface area contributed by atoms with Gasteiger partial charge in [0.05, 0.1) is 0 Å². The number of para-hydroxylation sites is 1. The van der Waals surface area contributed by atoms with Crippen molar-refractivity contribution in [2.45, 2.75) is 0 Å². The zero-order valence-corrected chi connectivity index (χ0v) is 9.13. The van der Waals surface area contributed by atoms with E-state index in [0.29, 0.717) is 0 Å². The molecule has 0 aliphatic rings. The Morgan fingerprint density at radius 1 is 0.941 bits per heavy atom. The summed E-state index contributed by atoms with van der Waals surface area (Å²) in [5.74, 6) is 0. The van der Waals surface area contributed by atoms with Gasteiger partial charge >= 0.3 is 6.03 Å². The molecule has 0 bridgehead atoms. The Balaban J connectivity index is 2.59. The molecule has 0 saturated carbocycles. The predicted octanol–water partition coefficient (Wildman–Crippen LogP) is 2.21. The molecular weight excluding hydrogens is 212 g/mol. The van der Waals surface area contributed by atoms with Gasteiger partial charge in [0.25, 0.3) is 0 Å². The SMILES string of the molecule is NC(=O)[n+]1cc2ccccc2c2ccccc21. The first-order valence-electron chi connectivity index (χ1n) is 5.39. The minimum absolute atomic E-state index is 0.466. The van der Waals surface area contributed by atoms with Gasteiger partial charge in [0.1, 0.15) is 11.7 Å². The third kappa shape index (κ3) is 1.44. The van der Waals surface area contributed by atoms with Gasteiger partial charge in [-0.2, -0.15) is 9.36 Å². The van der Waals surface area contributed by atoms with Crippen LogP contribution in [0.2, 0.25) is 0 Å². The lowest BCUT2D eigenvalue weighted by Gasteiger charge is -2.04. The van der Waals surface area contributed by atoms with Gasteiger partial charge in [-0.1, -0.05) is 42.5 Å². The highest BCUT2D eigenvalue weighted by molar-refractivity contribution is 6.04. The number of pyridine rings is 1. The lowest BCUT2D eigenvalue weighted by Crippen LogP contribution is -2.47. The Morgan fingerprint density at radius 3 is 2.35 bits per heavy atom. The van der Waals surface area contributed by atoms with Gasteiger partial charge in [0.15, 0.2) is 0 Å². The number of rotatable bonds is 0. The minimum atomic E-state index is -0.466. The maximum Gasteiger partial charge on any atom is 0.494 e. The van der Waals surface area contributed by atoms with Crippen molar-refractivity contribution >= 4 is 27.7 Å². The van der Waals surface area contributed by atoms with Gasteiger partial charge < -0.3 is 0 Å². The van der Waals surface area contributed by atoms with Crippen molar-refractivity contribution in [1.82, 2.24) is 0 Å². The number of nitrogens with zero attached hydrogens (tertiary/aromatic N) is 1. The number of hydrogen-bond acceptors (Lipinski definition) is 1. The number of fused-ring (bicyclic) bond motifs is 3. The van der Waals surface area contributed by atoms with E-state index in [1.807, 2.05) is 48.5 Å². The molecule has 0 aliphatic carbocycles. The predicted molar refractivity (Wildman–Crippen MR) is 66.6 cm³/mol. The molecule has 0 atom stereocenters. The number of nitrogens with two attached hydrogens (primary N) is 1. The highest BCUT2D eigenvalue weighted by atomic mass is 16.2. The summed E-state index contributed by atoms with van der Waals surface area (Å²) in [7, 11) is 0. The molecular formula is C14H11N2O+. The zero-order chi connectivity index (χ0) is 11.8. The van der Waals surface area contributed by atoms with Crippen molar-refractivity contribution in [3.05, 3.63) is 54.7 Å². The number of carbonyl (C=O) groups excluding carboxylic acids is 1. The summed E-state index contributed by atoms with van der Waals surface area (Å²) >= 11 is 0. The van der Waals surface area contributed by atoms with Crippen LogP contribution in [0.15, 0.2) is 54.7 Å².